The Bertz CT molecular complexity index is 672. The van der Waals surface area contributed by atoms with E-state index in [1.54, 1.807) is 7.11 Å². The van der Waals surface area contributed by atoms with Crippen molar-refractivity contribution >= 4 is 11.5 Å². The zero-order valence-corrected chi connectivity index (χ0v) is 14.8. The van der Waals surface area contributed by atoms with E-state index in [-0.39, 0.29) is 11.6 Å². The van der Waals surface area contributed by atoms with E-state index in [4.69, 9.17) is 9.47 Å². The third-order valence-electron chi connectivity index (χ3n) is 4.39. The van der Waals surface area contributed by atoms with Gasteiger partial charge in [-0.1, -0.05) is 6.92 Å². The molecule has 2 heterocycles. The standard InChI is InChI=1S/C19H27NO3/c1-6-14(12-19(3,4)22-5)15-8-9-20-13-16(11-17(20)10-15)18(21)23-7-2/h8-11,13-14H,6-7,12H2,1-5H3. The van der Waals surface area contributed by atoms with Crippen molar-refractivity contribution in [3.8, 4) is 0 Å². The van der Waals surface area contributed by atoms with E-state index in [0.29, 0.717) is 18.1 Å². The molecule has 0 saturated heterocycles. The third kappa shape index (κ3) is 4.14. The molecule has 0 spiro atoms. The summed E-state index contributed by atoms with van der Waals surface area (Å²) in [6.07, 6.45) is 5.84. The predicted molar refractivity (Wildman–Crippen MR) is 92.1 cm³/mol. The van der Waals surface area contributed by atoms with Crippen LogP contribution in [0.15, 0.2) is 30.6 Å². The molecular formula is C19H27NO3. The number of carbonyl (C=O) groups is 1. The van der Waals surface area contributed by atoms with E-state index in [1.165, 1.54) is 5.56 Å². The quantitative estimate of drug-likeness (QED) is 0.709. The Kier molecular flexibility index (Phi) is 5.47. The van der Waals surface area contributed by atoms with E-state index in [2.05, 4.69) is 32.9 Å². The summed E-state index contributed by atoms with van der Waals surface area (Å²) in [6, 6.07) is 6.17. The molecule has 0 aliphatic heterocycles. The minimum absolute atomic E-state index is 0.148. The van der Waals surface area contributed by atoms with Gasteiger partial charge in [-0.05, 0) is 63.3 Å². The Morgan fingerprint density at radius 3 is 2.65 bits per heavy atom. The normalized spacial score (nSPS) is 13.3. The molecule has 0 radical (unpaired) electrons. The molecule has 23 heavy (non-hydrogen) atoms. The fourth-order valence-corrected chi connectivity index (χ4v) is 2.88. The Labute approximate surface area is 138 Å². The van der Waals surface area contributed by atoms with Crippen molar-refractivity contribution in [3.05, 3.63) is 41.7 Å². The van der Waals surface area contributed by atoms with Crippen LogP contribution >= 0.6 is 0 Å². The van der Waals surface area contributed by atoms with Crippen molar-refractivity contribution in [2.45, 2.75) is 52.1 Å². The fraction of sp³-hybridized carbons (Fsp3) is 0.526. The average molecular weight is 317 g/mol. The van der Waals surface area contributed by atoms with Gasteiger partial charge in [0.25, 0.3) is 0 Å². The second-order valence-corrected chi connectivity index (χ2v) is 6.51. The van der Waals surface area contributed by atoms with Gasteiger partial charge in [0.1, 0.15) is 0 Å². The summed E-state index contributed by atoms with van der Waals surface area (Å²) in [5, 5.41) is 0. The smallest absolute Gasteiger partial charge is 0.339 e. The topological polar surface area (TPSA) is 39.9 Å². The number of esters is 1. The van der Waals surface area contributed by atoms with Gasteiger partial charge in [-0.25, -0.2) is 4.79 Å². The highest BCUT2D eigenvalue weighted by molar-refractivity contribution is 5.91. The molecule has 126 valence electrons. The summed E-state index contributed by atoms with van der Waals surface area (Å²) in [5.74, 6) is 0.154. The summed E-state index contributed by atoms with van der Waals surface area (Å²) in [6.45, 7) is 8.63. The lowest BCUT2D eigenvalue weighted by atomic mass is 9.86. The van der Waals surface area contributed by atoms with Gasteiger partial charge in [0.2, 0.25) is 0 Å². The molecule has 0 saturated carbocycles. The summed E-state index contributed by atoms with van der Waals surface area (Å²) in [7, 11) is 1.76. The SMILES string of the molecule is CCOC(=O)c1cc2cc(C(CC)CC(C)(C)OC)ccn2c1. The van der Waals surface area contributed by atoms with Crippen LogP contribution in [0.2, 0.25) is 0 Å². The highest BCUT2D eigenvalue weighted by Gasteiger charge is 2.23. The van der Waals surface area contributed by atoms with Gasteiger partial charge in [0.15, 0.2) is 0 Å². The molecule has 0 fully saturated rings. The lowest BCUT2D eigenvalue weighted by molar-refractivity contribution is 0.00921. The fourth-order valence-electron chi connectivity index (χ4n) is 2.88. The van der Waals surface area contributed by atoms with E-state index in [0.717, 1.165) is 18.4 Å². The molecule has 0 aliphatic rings. The number of hydrogen-bond donors (Lipinski definition) is 0. The van der Waals surface area contributed by atoms with E-state index in [9.17, 15) is 4.79 Å². The molecule has 2 aromatic rings. The third-order valence-corrected chi connectivity index (χ3v) is 4.39. The Hall–Kier alpha value is -1.81. The van der Waals surface area contributed by atoms with E-state index in [1.807, 2.05) is 29.8 Å². The first-order valence-corrected chi connectivity index (χ1v) is 8.24. The van der Waals surface area contributed by atoms with Crippen LogP contribution in [-0.2, 0) is 9.47 Å². The molecular weight excluding hydrogens is 290 g/mol. The molecule has 4 nitrogen and oxygen atoms in total. The predicted octanol–water partition coefficient (Wildman–Crippen LogP) is 4.42. The second kappa shape index (κ2) is 7.18. The average Bonchev–Trinajstić information content (AvgIpc) is 2.96. The number of rotatable bonds is 7. The van der Waals surface area contributed by atoms with Crippen LogP contribution in [0.1, 0.15) is 62.4 Å². The molecule has 0 N–H and O–H groups in total. The maximum Gasteiger partial charge on any atom is 0.339 e. The van der Waals surface area contributed by atoms with Gasteiger partial charge < -0.3 is 13.9 Å². The zero-order chi connectivity index (χ0) is 17.0. The molecule has 0 amide bonds. The monoisotopic (exact) mass is 317 g/mol. The first-order chi connectivity index (χ1) is 10.9. The Morgan fingerprint density at radius 1 is 1.30 bits per heavy atom. The zero-order valence-electron chi connectivity index (χ0n) is 14.8. The van der Waals surface area contributed by atoms with Crippen molar-refractivity contribution in [3.63, 3.8) is 0 Å². The number of ether oxygens (including phenoxy) is 2. The number of fused-ring (bicyclic) bond motifs is 1. The molecule has 0 aliphatic carbocycles. The number of nitrogens with zero attached hydrogens (tertiary/aromatic N) is 1. The highest BCUT2D eigenvalue weighted by atomic mass is 16.5. The Morgan fingerprint density at radius 2 is 2.04 bits per heavy atom. The van der Waals surface area contributed by atoms with Gasteiger partial charge in [0, 0.05) is 25.0 Å². The lowest BCUT2D eigenvalue weighted by Gasteiger charge is -2.28. The van der Waals surface area contributed by atoms with E-state index >= 15 is 0 Å². The number of aromatic nitrogens is 1. The Balaban J connectivity index is 2.29. The number of pyridine rings is 1. The number of hydrogen-bond acceptors (Lipinski definition) is 3. The minimum Gasteiger partial charge on any atom is -0.462 e. The van der Waals surface area contributed by atoms with Crippen molar-refractivity contribution < 1.29 is 14.3 Å². The van der Waals surface area contributed by atoms with Crippen LogP contribution in [-0.4, -0.2) is 29.7 Å². The highest BCUT2D eigenvalue weighted by Crippen LogP contribution is 2.31. The van der Waals surface area contributed by atoms with Gasteiger partial charge in [-0.3, -0.25) is 0 Å². The van der Waals surface area contributed by atoms with Crippen molar-refractivity contribution in [1.29, 1.82) is 0 Å². The van der Waals surface area contributed by atoms with Gasteiger partial charge in [-0.15, -0.1) is 0 Å². The molecule has 4 heteroatoms. The molecule has 1 atom stereocenters. The van der Waals surface area contributed by atoms with Crippen molar-refractivity contribution in [2.24, 2.45) is 0 Å². The molecule has 2 rings (SSSR count). The molecule has 0 bridgehead atoms. The lowest BCUT2D eigenvalue weighted by Crippen LogP contribution is -2.25. The summed E-state index contributed by atoms with van der Waals surface area (Å²) in [4.78, 5) is 11.9. The summed E-state index contributed by atoms with van der Waals surface area (Å²) in [5.41, 5.74) is 2.73. The van der Waals surface area contributed by atoms with Crippen molar-refractivity contribution in [1.82, 2.24) is 4.40 Å². The van der Waals surface area contributed by atoms with Crippen LogP contribution in [0.5, 0.6) is 0 Å². The first-order valence-electron chi connectivity index (χ1n) is 8.24. The van der Waals surface area contributed by atoms with Crippen LogP contribution < -0.4 is 0 Å². The van der Waals surface area contributed by atoms with Crippen LogP contribution in [0, 0.1) is 0 Å². The van der Waals surface area contributed by atoms with Crippen LogP contribution in [0.4, 0.5) is 0 Å². The number of methoxy groups -OCH3 is 1. The number of carbonyl (C=O) groups excluding carboxylic acids is 1. The van der Waals surface area contributed by atoms with Crippen molar-refractivity contribution in [2.75, 3.05) is 13.7 Å². The van der Waals surface area contributed by atoms with Gasteiger partial charge in [0.05, 0.1) is 17.8 Å². The summed E-state index contributed by atoms with van der Waals surface area (Å²) < 4.78 is 12.6. The first kappa shape index (κ1) is 17.5. The largest absolute Gasteiger partial charge is 0.462 e. The van der Waals surface area contributed by atoms with Crippen LogP contribution in [0.3, 0.4) is 0 Å². The molecule has 0 aromatic carbocycles. The van der Waals surface area contributed by atoms with Gasteiger partial charge >= 0.3 is 5.97 Å². The summed E-state index contributed by atoms with van der Waals surface area (Å²) >= 11 is 0. The molecule has 1 unspecified atom stereocenters. The second-order valence-electron chi connectivity index (χ2n) is 6.51. The van der Waals surface area contributed by atoms with Gasteiger partial charge in [-0.2, -0.15) is 0 Å². The molecule has 2 aromatic heterocycles. The maximum absolute atomic E-state index is 11.9. The minimum atomic E-state index is -0.273. The van der Waals surface area contributed by atoms with Crippen LogP contribution in [0.25, 0.3) is 5.52 Å². The maximum atomic E-state index is 11.9. The van der Waals surface area contributed by atoms with E-state index < -0.39 is 0 Å².